The molecule has 0 bridgehead atoms. The Morgan fingerprint density at radius 2 is 1.66 bits per heavy atom. The Balaban J connectivity index is 1.39. The number of nitrogens with one attached hydrogen (secondary N) is 1. The number of H-pyrrole nitrogens is 1. The average Bonchev–Trinajstić information content (AvgIpc) is 3.59. The van der Waals surface area contributed by atoms with Gasteiger partial charge in [-0.05, 0) is 51.9 Å². The number of carbonyl (C=O) groups is 1. The molecule has 38 heavy (non-hydrogen) atoms. The molecule has 0 atom stereocenters. The standard InChI is InChI=1S/C29H29N7O2/c1-19(2)7-16-26-30-27(17-20-8-14-23(15-9-20)29(37)38)36(33-26)18-21-10-12-22(13-11-21)24-5-3-4-6-25(24)28-31-34-35-32-28/h3-6,8-15,19H,7,16-18H2,1-2H3,(H,37,38)(H,31,32,34,35). The molecule has 2 aromatic heterocycles. The molecule has 5 rings (SSSR count). The van der Waals surface area contributed by atoms with Crippen LogP contribution in [0.4, 0.5) is 0 Å². The number of hydrogen-bond donors (Lipinski definition) is 2. The molecule has 0 unspecified atom stereocenters. The fraction of sp³-hybridized carbons (Fsp3) is 0.241. The molecule has 0 fully saturated rings. The molecule has 0 spiro atoms. The Bertz CT molecular complexity index is 1510. The van der Waals surface area contributed by atoms with Crippen molar-refractivity contribution in [3.63, 3.8) is 0 Å². The van der Waals surface area contributed by atoms with Crippen LogP contribution >= 0.6 is 0 Å². The van der Waals surface area contributed by atoms with E-state index in [1.807, 2.05) is 41.1 Å². The third-order valence-electron chi connectivity index (χ3n) is 6.41. The van der Waals surface area contributed by atoms with E-state index in [0.717, 1.165) is 52.3 Å². The number of carboxylic acids is 1. The lowest BCUT2D eigenvalue weighted by molar-refractivity contribution is 0.0697. The van der Waals surface area contributed by atoms with E-state index >= 15 is 0 Å². The number of tetrazole rings is 1. The number of nitrogens with zero attached hydrogens (tertiary/aromatic N) is 6. The van der Waals surface area contributed by atoms with E-state index in [0.29, 0.717) is 24.7 Å². The number of hydrogen-bond acceptors (Lipinski definition) is 6. The van der Waals surface area contributed by atoms with Crippen LogP contribution in [0.2, 0.25) is 0 Å². The molecule has 0 saturated heterocycles. The molecule has 0 aliphatic rings. The van der Waals surface area contributed by atoms with Crippen molar-refractivity contribution in [2.45, 2.75) is 39.7 Å². The van der Waals surface area contributed by atoms with Crippen LogP contribution in [0, 0.1) is 5.92 Å². The molecular formula is C29H29N7O2. The van der Waals surface area contributed by atoms with Gasteiger partial charge >= 0.3 is 5.97 Å². The van der Waals surface area contributed by atoms with Crippen LogP contribution in [0.15, 0.2) is 72.8 Å². The quantitative estimate of drug-likeness (QED) is 0.271. The van der Waals surface area contributed by atoms with Gasteiger partial charge in [-0.2, -0.15) is 10.3 Å². The van der Waals surface area contributed by atoms with Crippen molar-refractivity contribution < 1.29 is 9.90 Å². The predicted octanol–water partition coefficient (Wildman–Crippen LogP) is 5.05. The summed E-state index contributed by atoms with van der Waals surface area (Å²) in [6, 6.07) is 23.3. The molecule has 0 aliphatic heterocycles. The van der Waals surface area contributed by atoms with Gasteiger partial charge in [0.2, 0.25) is 5.82 Å². The normalized spacial score (nSPS) is 11.2. The smallest absolute Gasteiger partial charge is 0.335 e. The summed E-state index contributed by atoms with van der Waals surface area (Å²) in [7, 11) is 0. The van der Waals surface area contributed by atoms with Crippen molar-refractivity contribution >= 4 is 5.97 Å². The first-order chi connectivity index (χ1) is 18.5. The third kappa shape index (κ3) is 5.83. The molecule has 2 N–H and O–H groups in total. The summed E-state index contributed by atoms with van der Waals surface area (Å²) in [4.78, 5) is 16.1. The Kier molecular flexibility index (Phi) is 7.35. The highest BCUT2D eigenvalue weighted by molar-refractivity contribution is 5.87. The van der Waals surface area contributed by atoms with Crippen molar-refractivity contribution in [2.24, 2.45) is 5.92 Å². The number of carboxylic acid groups (broad SMARTS) is 1. The summed E-state index contributed by atoms with van der Waals surface area (Å²) in [6.07, 6.45) is 2.41. The Hall–Kier alpha value is -4.66. The SMILES string of the molecule is CC(C)CCc1nc(Cc2ccc(C(=O)O)cc2)n(Cc2ccc(-c3ccccc3-c3nn[nH]n3)cc2)n1. The molecule has 2 heterocycles. The van der Waals surface area contributed by atoms with Crippen LogP contribution in [-0.4, -0.2) is 46.5 Å². The van der Waals surface area contributed by atoms with Crippen LogP contribution < -0.4 is 0 Å². The van der Waals surface area contributed by atoms with Gasteiger partial charge in [-0.3, -0.25) is 0 Å². The lowest BCUT2D eigenvalue weighted by Crippen LogP contribution is -2.08. The van der Waals surface area contributed by atoms with Gasteiger partial charge in [0, 0.05) is 18.4 Å². The second-order valence-electron chi connectivity index (χ2n) is 9.69. The monoisotopic (exact) mass is 507 g/mol. The maximum absolute atomic E-state index is 11.2. The molecule has 9 nitrogen and oxygen atoms in total. The molecule has 3 aromatic carbocycles. The lowest BCUT2D eigenvalue weighted by atomic mass is 9.98. The highest BCUT2D eigenvalue weighted by atomic mass is 16.4. The van der Waals surface area contributed by atoms with Crippen molar-refractivity contribution in [3.8, 4) is 22.5 Å². The molecule has 0 saturated carbocycles. The minimum absolute atomic E-state index is 0.272. The minimum Gasteiger partial charge on any atom is -0.478 e. The Morgan fingerprint density at radius 3 is 2.32 bits per heavy atom. The van der Waals surface area contributed by atoms with E-state index in [1.54, 1.807) is 12.1 Å². The summed E-state index contributed by atoms with van der Waals surface area (Å²) in [5.74, 6) is 1.89. The molecule has 0 radical (unpaired) electrons. The van der Waals surface area contributed by atoms with Gasteiger partial charge in [0.25, 0.3) is 0 Å². The minimum atomic E-state index is -0.931. The second kappa shape index (κ2) is 11.2. The van der Waals surface area contributed by atoms with E-state index in [4.69, 9.17) is 10.1 Å². The first-order valence-electron chi connectivity index (χ1n) is 12.6. The van der Waals surface area contributed by atoms with Gasteiger partial charge < -0.3 is 5.11 Å². The predicted molar refractivity (Wildman–Crippen MR) is 144 cm³/mol. The zero-order valence-electron chi connectivity index (χ0n) is 21.4. The largest absolute Gasteiger partial charge is 0.478 e. The maximum atomic E-state index is 11.2. The Labute approximate surface area is 220 Å². The van der Waals surface area contributed by atoms with Crippen LogP contribution in [0.25, 0.3) is 22.5 Å². The average molecular weight is 508 g/mol. The van der Waals surface area contributed by atoms with Gasteiger partial charge in [0.15, 0.2) is 5.82 Å². The summed E-state index contributed by atoms with van der Waals surface area (Å²) < 4.78 is 1.96. The number of aryl methyl sites for hydroxylation is 1. The van der Waals surface area contributed by atoms with Crippen molar-refractivity contribution in [3.05, 3.63) is 101 Å². The van der Waals surface area contributed by atoms with Crippen LogP contribution in [-0.2, 0) is 19.4 Å². The van der Waals surface area contributed by atoms with Crippen LogP contribution in [0.1, 0.15) is 53.4 Å². The number of benzene rings is 3. The first kappa shape index (κ1) is 25.0. The maximum Gasteiger partial charge on any atom is 0.335 e. The molecule has 0 aliphatic carbocycles. The third-order valence-corrected chi connectivity index (χ3v) is 6.41. The molecule has 9 heteroatoms. The van der Waals surface area contributed by atoms with E-state index < -0.39 is 5.97 Å². The van der Waals surface area contributed by atoms with Gasteiger partial charge in [0.05, 0.1) is 12.1 Å². The Morgan fingerprint density at radius 1 is 0.947 bits per heavy atom. The topological polar surface area (TPSA) is 122 Å². The molecular weight excluding hydrogens is 478 g/mol. The van der Waals surface area contributed by atoms with Gasteiger partial charge in [0.1, 0.15) is 5.82 Å². The van der Waals surface area contributed by atoms with E-state index in [1.165, 1.54) is 0 Å². The highest BCUT2D eigenvalue weighted by Gasteiger charge is 2.14. The summed E-state index contributed by atoms with van der Waals surface area (Å²) >= 11 is 0. The van der Waals surface area contributed by atoms with Crippen molar-refractivity contribution in [2.75, 3.05) is 0 Å². The lowest BCUT2D eigenvalue weighted by Gasteiger charge is -2.10. The van der Waals surface area contributed by atoms with E-state index in [9.17, 15) is 9.90 Å². The second-order valence-corrected chi connectivity index (χ2v) is 9.69. The summed E-state index contributed by atoms with van der Waals surface area (Å²) in [5.41, 5.74) is 5.37. The molecule has 192 valence electrons. The summed E-state index contributed by atoms with van der Waals surface area (Å²) in [6.45, 7) is 4.98. The van der Waals surface area contributed by atoms with Gasteiger partial charge in [-0.1, -0.05) is 74.5 Å². The fourth-order valence-electron chi connectivity index (χ4n) is 4.32. The first-order valence-corrected chi connectivity index (χ1v) is 12.6. The molecule has 5 aromatic rings. The van der Waals surface area contributed by atoms with E-state index in [2.05, 4.69) is 58.7 Å². The number of aromatic amines is 1. The van der Waals surface area contributed by atoms with Crippen molar-refractivity contribution in [1.82, 2.24) is 35.4 Å². The zero-order chi connectivity index (χ0) is 26.5. The number of rotatable bonds is 10. The summed E-state index contributed by atoms with van der Waals surface area (Å²) in [5, 5.41) is 28.5. The van der Waals surface area contributed by atoms with Gasteiger partial charge in [-0.25, -0.2) is 14.5 Å². The van der Waals surface area contributed by atoms with Crippen molar-refractivity contribution in [1.29, 1.82) is 0 Å². The van der Waals surface area contributed by atoms with E-state index in [-0.39, 0.29) is 5.56 Å². The highest BCUT2D eigenvalue weighted by Crippen LogP contribution is 2.30. The van der Waals surface area contributed by atoms with Crippen LogP contribution in [0.3, 0.4) is 0 Å². The van der Waals surface area contributed by atoms with Crippen LogP contribution in [0.5, 0.6) is 0 Å². The number of aromatic nitrogens is 7. The number of aromatic carboxylic acids is 1. The fourth-order valence-corrected chi connectivity index (χ4v) is 4.32. The molecule has 0 amide bonds. The zero-order valence-corrected chi connectivity index (χ0v) is 21.4. The van der Waals surface area contributed by atoms with Gasteiger partial charge in [-0.15, -0.1) is 10.2 Å².